The van der Waals surface area contributed by atoms with Crippen LogP contribution in [0.25, 0.3) is 0 Å². The van der Waals surface area contributed by atoms with Gasteiger partial charge in [-0.1, -0.05) is 34.0 Å². The molecule has 2 rings (SSSR count). The molecule has 1 aromatic carbocycles. The largest absolute Gasteiger partial charge is 0.481 e. The highest BCUT2D eigenvalue weighted by Gasteiger charge is 2.26. The summed E-state index contributed by atoms with van der Waals surface area (Å²) in [5.41, 5.74) is 1.04. The molecule has 0 amide bonds. The van der Waals surface area contributed by atoms with Crippen LogP contribution in [0.3, 0.4) is 0 Å². The molecule has 0 spiro atoms. The van der Waals surface area contributed by atoms with Gasteiger partial charge in [-0.3, -0.25) is 4.79 Å². The number of carboxylic acid groups (broad SMARTS) is 1. The van der Waals surface area contributed by atoms with E-state index in [4.69, 9.17) is 16.7 Å². The fourth-order valence-corrected chi connectivity index (χ4v) is 3.13. The van der Waals surface area contributed by atoms with Crippen LogP contribution in [0, 0.1) is 5.92 Å². The Labute approximate surface area is 126 Å². The maximum absolute atomic E-state index is 11.0. The van der Waals surface area contributed by atoms with Gasteiger partial charge >= 0.3 is 5.97 Å². The Hall–Kier alpha value is -0.580. The van der Waals surface area contributed by atoms with Gasteiger partial charge in [-0.15, -0.1) is 0 Å². The lowest BCUT2D eigenvalue weighted by Gasteiger charge is -2.27. The molecule has 0 bridgehead atoms. The van der Waals surface area contributed by atoms with E-state index in [0.717, 1.165) is 34.3 Å². The Morgan fingerprint density at radius 2 is 2.26 bits per heavy atom. The second-order valence-corrected chi connectivity index (χ2v) is 6.34. The number of halogens is 2. The summed E-state index contributed by atoms with van der Waals surface area (Å²) >= 11 is 9.56. The van der Waals surface area contributed by atoms with E-state index in [9.17, 15) is 4.79 Å². The van der Waals surface area contributed by atoms with Gasteiger partial charge in [0, 0.05) is 22.1 Å². The summed E-state index contributed by atoms with van der Waals surface area (Å²) in [5.74, 6) is -0.879. The third kappa shape index (κ3) is 4.20. The average Bonchev–Trinajstić information content (AvgIpc) is 2.40. The number of rotatable bonds is 4. The summed E-state index contributed by atoms with van der Waals surface area (Å²) in [6, 6.07) is 6.04. The van der Waals surface area contributed by atoms with Gasteiger partial charge in [0.05, 0.1) is 5.92 Å². The SMILES string of the molecule is O=C(O)C1CCCC(NCc2cc(Br)ccc2Cl)C1. The molecule has 5 heteroatoms. The number of benzene rings is 1. The maximum Gasteiger partial charge on any atom is 0.306 e. The lowest BCUT2D eigenvalue weighted by Crippen LogP contribution is -2.36. The van der Waals surface area contributed by atoms with Gasteiger partial charge in [0.15, 0.2) is 0 Å². The van der Waals surface area contributed by atoms with Gasteiger partial charge in [0.25, 0.3) is 0 Å². The van der Waals surface area contributed by atoms with E-state index < -0.39 is 5.97 Å². The van der Waals surface area contributed by atoms with Gasteiger partial charge < -0.3 is 10.4 Å². The molecular formula is C14H17BrClNO2. The van der Waals surface area contributed by atoms with Crippen LogP contribution in [0.1, 0.15) is 31.2 Å². The average molecular weight is 347 g/mol. The van der Waals surface area contributed by atoms with Crippen molar-refractivity contribution in [2.45, 2.75) is 38.3 Å². The van der Waals surface area contributed by atoms with E-state index >= 15 is 0 Å². The highest BCUT2D eigenvalue weighted by atomic mass is 79.9. The third-order valence-corrected chi connectivity index (χ3v) is 4.47. The Kier molecular flexibility index (Phi) is 5.25. The summed E-state index contributed by atoms with van der Waals surface area (Å²) < 4.78 is 1.00. The monoisotopic (exact) mass is 345 g/mol. The zero-order chi connectivity index (χ0) is 13.8. The summed E-state index contributed by atoms with van der Waals surface area (Å²) in [5, 5.41) is 13.2. The molecule has 104 valence electrons. The second-order valence-electron chi connectivity index (χ2n) is 5.02. The lowest BCUT2D eigenvalue weighted by molar-refractivity contribution is -0.143. The van der Waals surface area contributed by atoms with Crippen molar-refractivity contribution in [3.8, 4) is 0 Å². The minimum atomic E-state index is -0.674. The molecule has 1 saturated carbocycles. The van der Waals surface area contributed by atoms with Crippen molar-refractivity contribution in [2.24, 2.45) is 5.92 Å². The van der Waals surface area contributed by atoms with Crippen LogP contribution in [-0.4, -0.2) is 17.1 Å². The zero-order valence-electron chi connectivity index (χ0n) is 10.5. The predicted octanol–water partition coefficient (Wildman–Crippen LogP) is 3.84. The van der Waals surface area contributed by atoms with E-state index in [2.05, 4.69) is 21.2 Å². The molecule has 19 heavy (non-hydrogen) atoms. The number of aliphatic carboxylic acids is 1. The van der Waals surface area contributed by atoms with Crippen molar-refractivity contribution in [2.75, 3.05) is 0 Å². The Morgan fingerprint density at radius 1 is 1.47 bits per heavy atom. The van der Waals surface area contributed by atoms with Crippen LogP contribution in [0.2, 0.25) is 5.02 Å². The number of nitrogens with one attached hydrogen (secondary N) is 1. The highest BCUT2D eigenvalue weighted by Crippen LogP contribution is 2.26. The van der Waals surface area contributed by atoms with Crippen molar-refractivity contribution in [1.82, 2.24) is 5.32 Å². The van der Waals surface area contributed by atoms with E-state index in [0.29, 0.717) is 13.0 Å². The van der Waals surface area contributed by atoms with Crippen LogP contribution in [-0.2, 0) is 11.3 Å². The van der Waals surface area contributed by atoms with E-state index in [-0.39, 0.29) is 12.0 Å². The summed E-state index contributed by atoms with van der Waals surface area (Å²) in [7, 11) is 0. The van der Waals surface area contributed by atoms with Gasteiger partial charge in [0.2, 0.25) is 0 Å². The molecule has 0 saturated heterocycles. The molecule has 1 aliphatic carbocycles. The standard InChI is InChI=1S/C14H17BrClNO2/c15-11-4-5-13(16)10(6-11)8-17-12-3-1-2-9(7-12)14(18)19/h4-6,9,12,17H,1-3,7-8H2,(H,18,19). The zero-order valence-corrected chi connectivity index (χ0v) is 12.9. The molecule has 0 aromatic heterocycles. The van der Waals surface area contributed by atoms with Crippen LogP contribution in [0.5, 0.6) is 0 Å². The van der Waals surface area contributed by atoms with Gasteiger partial charge in [-0.05, 0) is 43.0 Å². The first-order valence-corrected chi connectivity index (χ1v) is 7.63. The maximum atomic E-state index is 11.0. The van der Waals surface area contributed by atoms with Crippen molar-refractivity contribution in [1.29, 1.82) is 0 Å². The number of hydrogen-bond acceptors (Lipinski definition) is 2. The van der Waals surface area contributed by atoms with Crippen LogP contribution in [0.4, 0.5) is 0 Å². The van der Waals surface area contributed by atoms with Crippen LogP contribution in [0.15, 0.2) is 22.7 Å². The molecule has 0 radical (unpaired) electrons. The molecule has 0 heterocycles. The molecule has 1 fully saturated rings. The minimum absolute atomic E-state index is 0.204. The minimum Gasteiger partial charge on any atom is -0.481 e. The molecule has 2 N–H and O–H groups in total. The fraction of sp³-hybridized carbons (Fsp3) is 0.500. The highest BCUT2D eigenvalue weighted by molar-refractivity contribution is 9.10. The lowest BCUT2D eigenvalue weighted by atomic mass is 9.86. The van der Waals surface area contributed by atoms with Crippen molar-refractivity contribution >= 4 is 33.5 Å². The first kappa shape index (κ1) is 14.8. The van der Waals surface area contributed by atoms with Crippen molar-refractivity contribution in [3.63, 3.8) is 0 Å². The quantitative estimate of drug-likeness (QED) is 0.871. The van der Waals surface area contributed by atoms with Crippen molar-refractivity contribution in [3.05, 3.63) is 33.3 Å². The molecule has 0 aliphatic heterocycles. The summed E-state index contributed by atoms with van der Waals surface area (Å²) in [6.45, 7) is 0.676. The first-order chi connectivity index (χ1) is 9.06. The number of carbonyl (C=O) groups is 1. The van der Waals surface area contributed by atoms with E-state index in [1.165, 1.54) is 0 Å². The summed E-state index contributed by atoms with van der Waals surface area (Å²) in [6.07, 6.45) is 3.52. The van der Waals surface area contributed by atoms with Gasteiger partial charge in [-0.2, -0.15) is 0 Å². The van der Waals surface area contributed by atoms with Crippen molar-refractivity contribution < 1.29 is 9.90 Å². The van der Waals surface area contributed by atoms with Crippen LogP contribution >= 0.6 is 27.5 Å². The molecular weight excluding hydrogens is 330 g/mol. The predicted molar refractivity (Wildman–Crippen MR) is 79.4 cm³/mol. The number of carboxylic acids is 1. The molecule has 2 unspecified atom stereocenters. The van der Waals surface area contributed by atoms with E-state index in [1.54, 1.807) is 0 Å². The van der Waals surface area contributed by atoms with Gasteiger partial charge in [-0.25, -0.2) is 0 Å². The topological polar surface area (TPSA) is 49.3 Å². The first-order valence-electron chi connectivity index (χ1n) is 6.46. The van der Waals surface area contributed by atoms with Gasteiger partial charge in [0.1, 0.15) is 0 Å². The summed E-state index contributed by atoms with van der Waals surface area (Å²) in [4.78, 5) is 11.0. The fourth-order valence-electron chi connectivity index (χ4n) is 2.53. The molecule has 1 aliphatic rings. The molecule has 2 atom stereocenters. The van der Waals surface area contributed by atoms with E-state index in [1.807, 2.05) is 18.2 Å². The Morgan fingerprint density at radius 3 is 3.00 bits per heavy atom. The third-order valence-electron chi connectivity index (χ3n) is 3.61. The normalized spacial score (nSPS) is 23.3. The number of hydrogen-bond donors (Lipinski definition) is 2. The smallest absolute Gasteiger partial charge is 0.306 e. The Bertz CT molecular complexity index is 467. The van der Waals surface area contributed by atoms with Crippen LogP contribution < -0.4 is 5.32 Å². The Balaban J connectivity index is 1.91. The second kappa shape index (κ2) is 6.73. The molecule has 1 aromatic rings. The molecule has 3 nitrogen and oxygen atoms in total.